The predicted octanol–water partition coefficient (Wildman–Crippen LogP) is 2.64. The predicted molar refractivity (Wildman–Crippen MR) is 64.0 cm³/mol. The number of nitrogens with one attached hydrogen (secondary N) is 1. The molecule has 0 unspecified atom stereocenters. The molecule has 0 saturated heterocycles. The standard InChI is InChI=1S/C10H14BrN3O/c1-4-14(3)10(15)13-9-6-5-8(11)7(2)12-9/h5-6H,4H2,1-3H3,(H,12,13,15). The SMILES string of the molecule is CCN(C)C(=O)Nc1ccc(Br)c(C)n1. The van der Waals surface area contributed by atoms with Gasteiger partial charge in [0, 0.05) is 18.1 Å². The maximum atomic E-state index is 11.5. The summed E-state index contributed by atoms with van der Waals surface area (Å²) in [6, 6.07) is 3.48. The van der Waals surface area contributed by atoms with Crippen LogP contribution >= 0.6 is 15.9 Å². The van der Waals surface area contributed by atoms with Crippen LogP contribution < -0.4 is 5.32 Å². The Balaban J connectivity index is 2.73. The molecule has 0 aliphatic rings. The van der Waals surface area contributed by atoms with Crippen LogP contribution in [0.2, 0.25) is 0 Å². The molecule has 15 heavy (non-hydrogen) atoms. The van der Waals surface area contributed by atoms with Crippen LogP contribution in [0, 0.1) is 6.92 Å². The number of pyridine rings is 1. The lowest BCUT2D eigenvalue weighted by molar-refractivity contribution is 0.224. The number of hydrogen-bond donors (Lipinski definition) is 1. The van der Waals surface area contributed by atoms with Crippen molar-refractivity contribution >= 4 is 27.8 Å². The first-order valence-electron chi connectivity index (χ1n) is 4.70. The normalized spacial score (nSPS) is 9.87. The molecule has 1 N–H and O–H groups in total. The summed E-state index contributed by atoms with van der Waals surface area (Å²) in [5, 5.41) is 2.72. The van der Waals surface area contributed by atoms with Crippen LogP contribution in [0.4, 0.5) is 10.6 Å². The Morgan fingerprint density at radius 3 is 2.80 bits per heavy atom. The summed E-state index contributed by atoms with van der Waals surface area (Å²) in [5.41, 5.74) is 0.854. The first kappa shape index (κ1) is 12.0. The van der Waals surface area contributed by atoms with Gasteiger partial charge in [0.05, 0.1) is 5.69 Å². The topological polar surface area (TPSA) is 45.2 Å². The Kier molecular flexibility index (Phi) is 4.08. The van der Waals surface area contributed by atoms with Crippen LogP contribution in [0.15, 0.2) is 16.6 Å². The zero-order valence-corrected chi connectivity index (χ0v) is 10.6. The molecule has 1 aromatic rings. The number of halogens is 1. The van der Waals surface area contributed by atoms with Crippen molar-refractivity contribution in [2.24, 2.45) is 0 Å². The van der Waals surface area contributed by atoms with E-state index in [1.165, 1.54) is 0 Å². The third-order valence-electron chi connectivity index (χ3n) is 2.08. The fourth-order valence-electron chi connectivity index (χ4n) is 0.962. The number of hydrogen-bond acceptors (Lipinski definition) is 2. The average molecular weight is 272 g/mol. The number of aromatic nitrogens is 1. The maximum Gasteiger partial charge on any atom is 0.322 e. The fraction of sp³-hybridized carbons (Fsp3) is 0.400. The van der Waals surface area contributed by atoms with Gasteiger partial charge in [0.15, 0.2) is 0 Å². The molecule has 0 bridgehead atoms. The van der Waals surface area contributed by atoms with Crippen molar-refractivity contribution < 1.29 is 4.79 Å². The summed E-state index contributed by atoms with van der Waals surface area (Å²) in [4.78, 5) is 17.3. The van der Waals surface area contributed by atoms with Crippen molar-refractivity contribution in [1.29, 1.82) is 0 Å². The molecular weight excluding hydrogens is 258 g/mol. The smallest absolute Gasteiger partial charge is 0.322 e. The minimum absolute atomic E-state index is 0.147. The van der Waals surface area contributed by atoms with E-state index in [1.54, 1.807) is 18.0 Å². The number of aryl methyl sites for hydroxylation is 1. The van der Waals surface area contributed by atoms with Gasteiger partial charge in [-0.15, -0.1) is 0 Å². The third kappa shape index (κ3) is 3.20. The lowest BCUT2D eigenvalue weighted by Gasteiger charge is -2.15. The van der Waals surface area contributed by atoms with E-state index in [9.17, 15) is 4.79 Å². The van der Waals surface area contributed by atoms with Crippen molar-refractivity contribution in [3.63, 3.8) is 0 Å². The van der Waals surface area contributed by atoms with Gasteiger partial charge in [-0.3, -0.25) is 5.32 Å². The highest BCUT2D eigenvalue weighted by molar-refractivity contribution is 9.10. The first-order chi connectivity index (χ1) is 7.04. The second-order valence-corrected chi connectivity index (χ2v) is 4.06. The van der Waals surface area contributed by atoms with Crippen molar-refractivity contribution in [2.75, 3.05) is 18.9 Å². The van der Waals surface area contributed by atoms with E-state index >= 15 is 0 Å². The molecule has 0 aliphatic carbocycles. The Bertz CT molecular complexity index is 368. The number of rotatable bonds is 2. The van der Waals surface area contributed by atoms with Crippen LogP contribution in [0.1, 0.15) is 12.6 Å². The van der Waals surface area contributed by atoms with E-state index in [4.69, 9.17) is 0 Å². The van der Waals surface area contributed by atoms with Crippen molar-refractivity contribution in [3.05, 3.63) is 22.3 Å². The number of nitrogens with zero attached hydrogens (tertiary/aromatic N) is 2. The van der Waals surface area contributed by atoms with Gasteiger partial charge in [0.25, 0.3) is 0 Å². The molecule has 2 amide bonds. The lowest BCUT2D eigenvalue weighted by atomic mass is 10.4. The van der Waals surface area contributed by atoms with Crippen molar-refractivity contribution in [3.8, 4) is 0 Å². The monoisotopic (exact) mass is 271 g/mol. The van der Waals surface area contributed by atoms with Gasteiger partial charge in [0.1, 0.15) is 5.82 Å². The molecule has 82 valence electrons. The van der Waals surface area contributed by atoms with Gasteiger partial charge in [-0.05, 0) is 41.9 Å². The highest BCUT2D eigenvalue weighted by Crippen LogP contribution is 2.16. The van der Waals surface area contributed by atoms with Crippen LogP contribution in [-0.2, 0) is 0 Å². The summed E-state index contributed by atoms with van der Waals surface area (Å²) in [6.45, 7) is 4.46. The quantitative estimate of drug-likeness (QED) is 0.899. The van der Waals surface area contributed by atoms with Crippen molar-refractivity contribution in [2.45, 2.75) is 13.8 Å². The van der Waals surface area contributed by atoms with E-state index < -0.39 is 0 Å². The molecule has 5 heteroatoms. The number of carbonyl (C=O) groups is 1. The highest BCUT2D eigenvalue weighted by atomic mass is 79.9. The molecule has 0 spiro atoms. The molecule has 0 fully saturated rings. The Morgan fingerprint density at radius 1 is 1.60 bits per heavy atom. The van der Waals surface area contributed by atoms with E-state index in [1.807, 2.05) is 19.9 Å². The Hall–Kier alpha value is -1.10. The molecule has 0 aromatic carbocycles. The minimum Gasteiger partial charge on any atom is -0.328 e. The summed E-state index contributed by atoms with van der Waals surface area (Å²) < 4.78 is 0.935. The van der Waals surface area contributed by atoms with E-state index in [0.717, 1.165) is 10.2 Å². The van der Waals surface area contributed by atoms with Gasteiger partial charge in [-0.2, -0.15) is 0 Å². The zero-order chi connectivity index (χ0) is 11.4. The molecule has 0 aliphatic heterocycles. The fourth-order valence-corrected chi connectivity index (χ4v) is 1.18. The van der Waals surface area contributed by atoms with Gasteiger partial charge < -0.3 is 4.90 Å². The van der Waals surface area contributed by atoms with Gasteiger partial charge in [-0.25, -0.2) is 9.78 Å². The lowest BCUT2D eigenvalue weighted by Crippen LogP contribution is -2.31. The average Bonchev–Trinajstić information content (AvgIpc) is 2.22. The Labute approximate surface area is 97.8 Å². The molecule has 1 rings (SSSR count). The number of carbonyl (C=O) groups excluding carboxylic acids is 1. The second-order valence-electron chi connectivity index (χ2n) is 3.21. The molecule has 0 saturated carbocycles. The zero-order valence-electron chi connectivity index (χ0n) is 9.04. The van der Waals surface area contributed by atoms with Gasteiger partial charge >= 0.3 is 6.03 Å². The van der Waals surface area contributed by atoms with Crippen LogP contribution in [-0.4, -0.2) is 29.5 Å². The van der Waals surface area contributed by atoms with Crippen LogP contribution in [0.25, 0.3) is 0 Å². The largest absolute Gasteiger partial charge is 0.328 e. The summed E-state index contributed by atoms with van der Waals surface area (Å²) >= 11 is 3.35. The van der Waals surface area contributed by atoms with Crippen LogP contribution in [0.5, 0.6) is 0 Å². The summed E-state index contributed by atoms with van der Waals surface area (Å²) in [7, 11) is 1.74. The number of urea groups is 1. The first-order valence-corrected chi connectivity index (χ1v) is 5.49. The summed E-state index contributed by atoms with van der Waals surface area (Å²) in [5.74, 6) is 0.570. The van der Waals surface area contributed by atoms with Gasteiger partial charge in [-0.1, -0.05) is 0 Å². The maximum absolute atomic E-state index is 11.5. The number of amides is 2. The second kappa shape index (κ2) is 5.11. The minimum atomic E-state index is -0.147. The van der Waals surface area contributed by atoms with E-state index in [2.05, 4.69) is 26.2 Å². The molecule has 0 radical (unpaired) electrons. The van der Waals surface area contributed by atoms with Gasteiger partial charge in [0.2, 0.25) is 0 Å². The van der Waals surface area contributed by atoms with E-state index in [-0.39, 0.29) is 6.03 Å². The molecule has 4 nitrogen and oxygen atoms in total. The number of anilines is 1. The molecular formula is C10H14BrN3O. The third-order valence-corrected chi connectivity index (χ3v) is 2.92. The molecule has 1 aromatic heterocycles. The Morgan fingerprint density at radius 2 is 2.27 bits per heavy atom. The van der Waals surface area contributed by atoms with Crippen molar-refractivity contribution in [1.82, 2.24) is 9.88 Å². The summed E-state index contributed by atoms with van der Waals surface area (Å²) in [6.07, 6.45) is 0. The highest BCUT2D eigenvalue weighted by Gasteiger charge is 2.07. The van der Waals surface area contributed by atoms with Crippen LogP contribution in [0.3, 0.4) is 0 Å². The molecule has 1 heterocycles. The van der Waals surface area contributed by atoms with E-state index in [0.29, 0.717) is 12.4 Å². The molecule has 0 atom stereocenters.